The van der Waals surface area contributed by atoms with Gasteiger partial charge in [-0.25, -0.2) is 4.79 Å². The van der Waals surface area contributed by atoms with Gasteiger partial charge in [-0.2, -0.15) is 9.36 Å². The van der Waals surface area contributed by atoms with Crippen molar-refractivity contribution in [2.75, 3.05) is 7.11 Å². The SMILES string of the molecule is COc1cccc(-n2nnn(C)c2=O)c1COc1ccc(-c2ccccc2)cc1C. The number of aryl methyl sites for hydroxylation is 2. The van der Waals surface area contributed by atoms with Crippen LogP contribution in [0.5, 0.6) is 11.5 Å². The molecule has 0 unspecified atom stereocenters. The van der Waals surface area contributed by atoms with E-state index in [1.165, 1.54) is 9.36 Å². The minimum absolute atomic E-state index is 0.216. The standard InChI is InChI=1S/C23H22N4O3/c1-16-14-18(17-8-5-4-6-9-17)12-13-21(16)30-15-19-20(10-7-11-22(19)29-3)27-23(28)26(2)24-25-27/h4-14H,15H2,1-3H3. The van der Waals surface area contributed by atoms with Crippen LogP contribution in [0.25, 0.3) is 16.8 Å². The number of hydrogen-bond acceptors (Lipinski definition) is 5. The molecule has 1 aromatic heterocycles. The van der Waals surface area contributed by atoms with E-state index in [-0.39, 0.29) is 12.3 Å². The number of ether oxygens (including phenoxy) is 2. The summed E-state index contributed by atoms with van der Waals surface area (Å²) in [4.78, 5) is 12.3. The molecular formula is C23H22N4O3. The average molecular weight is 402 g/mol. The Bertz CT molecular complexity index is 1230. The summed E-state index contributed by atoms with van der Waals surface area (Å²) in [5.41, 5.74) is 4.25. The zero-order chi connectivity index (χ0) is 21.1. The Labute approximate surface area is 174 Å². The summed E-state index contributed by atoms with van der Waals surface area (Å²) in [7, 11) is 3.14. The highest BCUT2D eigenvalue weighted by molar-refractivity contribution is 5.65. The van der Waals surface area contributed by atoms with Gasteiger partial charge in [0.05, 0.1) is 18.4 Å². The lowest BCUT2D eigenvalue weighted by Gasteiger charge is -2.15. The lowest BCUT2D eigenvalue weighted by molar-refractivity contribution is 0.294. The van der Waals surface area contributed by atoms with E-state index in [2.05, 4.69) is 28.6 Å². The second-order valence-corrected chi connectivity index (χ2v) is 6.89. The van der Waals surface area contributed by atoms with Gasteiger partial charge in [0.2, 0.25) is 0 Å². The van der Waals surface area contributed by atoms with E-state index in [9.17, 15) is 4.79 Å². The van der Waals surface area contributed by atoms with Crippen LogP contribution in [-0.2, 0) is 13.7 Å². The van der Waals surface area contributed by atoms with Crippen molar-refractivity contribution in [2.45, 2.75) is 13.5 Å². The maximum absolute atomic E-state index is 12.3. The number of nitrogens with zero attached hydrogens (tertiary/aromatic N) is 4. The molecule has 0 aliphatic carbocycles. The highest BCUT2D eigenvalue weighted by atomic mass is 16.5. The van der Waals surface area contributed by atoms with Crippen LogP contribution in [0, 0.1) is 6.92 Å². The van der Waals surface area contributed by atoms with E-state index in [0.717, 1.165) is 22.4 Å². The molecule has 4 aromatic rings. The van der Waals surface area contributed by atoms with E-state index >= 15 is 0 Å². The van der Waals surface area contributed by atoms with Crippen LogP contribution < -0.4 is 15.2 Å². The molecule has 1 heterocycles. The largest absolute Gasteiger partial charge is 0.496 e. The number of benzene rings is 3. The van der Waals surface area contributed by atoms with Gasteiger partial charge >= 0.3 is 5.69 Å². The maximum Gasteiger partial charge on any atom is 0.368 e. The van der Waals surface area contributed by atoms with Crippen molar-refractivity contribution in [1.82, 2.24) is 19.8 Å². The van der Waals surface area contributed by atoms with Gasteiger partial charge in [0.15, 0.2) is 0 Å². The Kier molecular flexibility index (Phi) is 5.34. The fraction of sp³-hybridized carbons (Fsp3) is 0.174. The Morgan fingerprint density at radius 3 is 2.37 bits per heavy atom. The molecule has 4 rings (SSSR count). The van der Waals surface area contributed by atoms with Gasteiger partial charge in [0.1, 0.15) is 18.1 Å². The highest BCUT2D eigenvalue weighted by Crippen LogP contribution is 2.29. The fourth-order valence-electron chi connectivity index (χ4n) is 3.33. The van der Waals surface area contributed by atoms with E-state index in [0.29, 0.717) is 17.0 Å². The molecule has 0 amide bonds. The molecule has 0 aliphatic heterocycles. The number of tetrazole rings is 1. The molecule has 152 valence electrons. The van der Waals surface area contributed by atoms with Gasteiger partial charge in [0, 0.05) is 7.05 Å². The predicted molar refractivity (Wildman–Crippen MR) is 114 cm³/mol. The molecule has 0 spiro atoms. The van der Waals surface area contributed by atoms with Crippen LogP contribution in [0.2, 0.25) is 0 Å². The minimum Gasteiger partial charge on any atom is -0.496 e. The first-order valence-electron chi connectivity index (χ1n) is 9.52. The van der Waals surface area contributed by atoms with Crippen molar-refractivity contribution in [1.29, 1.82) is 0 Å². The Hall–Kier alpha value is -3.87. The van der Waals surface area contributed by atoms with Crippen LogP contribution in [0.1, 0.15) is 11.1 Å². The average Bonchev–Trinajstić information content (AvgIpc) is 3.11. The quantitative estimate of drug-likeness (QED) is 0.493. The van der Waals surface area contributed by atoms with Crippen LogP contribution >= 0.6 is 0 Å². The van der Waals surface area contributed by atoms with Gasteiger partial charge in [-0.05, 0) is 58.3 Å². The maximum atomic E-state index is 12.3. The van der Waals surface area contributed by atoms with Gasteiger partial charge in [-0.15, -0.1) is 0 Å². The third-order valence-corrected chi connectivity index (χ3v) is 4.93. The Balaban J connectivity index is 1.64. The van der Waals surface area contributed by atoms with E-state index in [1.807, 2.05) is 43.3 Å². The number of aromatic nitrogens is 4. The van der Waals surface area contributed by atoms with Gasteiger partial charge in [0.25, 0.3) is 0 Å². The molecule has 0 N–H and O–H groups in total. The molecule has 0 saturated heterocycles. The second-order valence-electron chi connectivity index (χ2n) is 6.89. The van der Waals surface area contributed by atoms with Gasteiger partial charge < -0.3 is 9.47 Å². The number of rotatable bonds is 6. The molecule has 7 heteroatoms. The molecule has 0 saturated carbocycles. The van der Waals surface area contributed by atoms with Crippen molar-refractivity contribution in [3.63, 3.8) is 0 Å². The van der Waals surface area contributed by atoms with Gasteiger partial charge in [-0.1, -0.05) is 42.5 Å². The molecular weight excluding hydrogens is 380 g/mol. The zero-order valence-corrected chi connectivity index (χ0v) is 17.1. The minimum atomic E-state index is -0.340. The summed E-state index contributed by atoms with van der Waals surface area (Å²) in [6, 6.07) is 21.7. The molecule has 0 aliphatic rings. The topological polar surface area (TPSA) is 71.2 Å². The first-order chi connectivity index (χ1) is 14.6. The molecule has 0 fully saturated rings. The van der Waals surface area contributed by atoms with Crippen molar-refractivity contribution in [3.8, 4) is 28.3 Å². The molecule has 3 aromatic carbocycles. The molecule has 0 atom stereocenters. The summed E-state index contributed by atoms with van der Waals surface area (Å²) in [6.07, 6.45) is 0. The lowest BCUT2D eigenvalue weighted by atomic mass is 10.0. The van der Waals surface area contributed by atoms with Crippen molar-refractivity contribution < 1.29 is 9.47 Å². The number of methoxy groups -OCH3 is 1. The van der Waals surface area contributed by atoms with Crippen LogP contribution in [0.4, 0.5) is 0 Å². The smallest absolute Gasteiger partial charge is 0.368 e. The fourth-order valence-corrected chi connectivity index (χ4v) is 3.33. The van der Waals surface area contributed by atoms with Crippen molar-refractivity contribution >= 4 is 0 Å². The summed E-state index contributed by atoms with van der Waals surface area (Å²) in [6.45, 7) is 2.23. The van der Waals surface area contributed by atoms with Crippen molar-refractivity contribution in [2.24, 2.45) is 7.05 Å². The first-order valence-corrected chi connectivity index (χ1v) is 9.52. The summed E-state index contributed by atoms with van der Waals surface area (Å²) < 4.78 is 14.0. The van der Waals surface area contributed by atoms with E-state index in [1.54, 1.807) is 26.3 Å². The van der Waals surface area contributed by atoms with Crippen LogP contribution in [0.3, 0.4) is 0 Å². The summed E-state index contributed by atoms with van der Waals surface area (Å²) in [5, 5.41) is 7.74. The monoisotopic (exact) mass is 402 g/mol. The summed E-state index contributed by atoms with van der Waals surface area (Å²) in [5.74, 6) is 1.38. The van der Waals surface area contributed by atoms with Crippen LogP contribution in [0.15, 0.2) is 71.5 Å². The van der Waals surface area contributed by atoms with Gasteiger partial charge in [-0.3, -0.25) is 0 Å². The number of hydrogen-bond donors (Lipinski definition) is 0. The zero-order valence-electron chi connectivity index (χ0n) is 17.1. The lowest BCUT2D eigenvalue weighted by Crippen LogP contribution is -2.23. The van der Waals surface area contributed by atoms with E-state index in [4.69, 9.17) is 9.47 Å². The first kappa shape index (κ1) is 19.4. The molecule has 7 nitrogen and oxygen atoms in total. The third-order valence-electron chi connectivity index (χ3n) is 4.93. The Morgan fingerprint density at radius 2 is 1.70 bits per heavy atom. The molecule has 30 heavy (non-hydrogen) atoms. The Morgan fingerprint density at radius 1 is 0.900 bits per heavy atom. The molecule has 0 bridgehead atoms. The normalized spacial score (nSPS) is 10.8. The van der Waals surface area contributed by atoms with Crippen LogP contribution in [-0.4, -0.2) is 26.9 Å². The van der Waals surface area contributed by atoms with Crippen molar-refractivity contribution in [3.05, 3.63) is 88.3 Å². The third kappa shape index (κ3) is 3.69. The van der Waals surface area contributed by atoms with E-state index < -0.39 is 0 Å². The highest BCUT2D eigenvalue weighted by Gasteiger charge is 2.16. The predicted octanol–water partition coefficient (Wildman–Crippen LogP) is 3.53. The molecule has 0 radical (unpaired) electrons. The second kappa shape index (κ2) is 8.24. The summed E-state index contributed by atoms with van der Waals surface area (Å²) >= 11 is 0.